The van der Waals surface area contributed by atoms with Crippen LogP contribution in [0.5, 0.6) is 0 Å². The molecule has 0 aliphatic heterocycles. The zero-order valence-electron chi connectivity index (χ0n) is 8.88. The number of carbonyl (C=O) groups is 1. The van der Waals surface area contributed by atoms with Crippen LogP contribution in [0, 0.1) is 0 Å². The van der Waals surface area contributed by atoms with Gasteiger partial charge in [0.25, 0.3) is 0 Å². The third-order valence-corrected chi connectivity index (χ3v) is 2.10. The first-order valence-electron chi connectivity index (χ1n) is 5.05. The summed E-state index contributed by atoms with van der Waals surface area (Å²) in [5.74, 6) is 0.836. The SMILES string of the molecule is CCC(=O)Cc1nc(-c2ccccn2)no1. The van der Waals surface area contributed by atoms with Crippen LogP contribution in [-0.4, -0.2) is 20.9 Å². The number of aromatic nitrogens is 3. The first-order chi connectivity index (χ1) is 7.79. The Hall–Kier alpha value is -2.04. The molecule has 0 bridgehead atoms. The predicted molar refractivity (Wildman–Crippen MR) is 56.5 cm³/mol. The summed E-state index contributed by atoms with van der Waals surface area (Å²) in [6, 6.07) is 5.44. The summed E-state index contributed by atoms with van der Waals surface area (Å²) in [5, 5.41) is 3.77. The lowest BCUT2D eigenvalue weighted by Crippen LogP contribution is -2.00. The van der Waals surface area contributed by atoms with Crippen molar-refractivity contribution in [3.8, 4) is 11.5 Å². The minimum absolute atomic E-state index is 0.0798. The van der Waals surface area contributed by atoms with Crippen LogP contribution in [0.2, 0.25) is 0 Å². The van der Waals surface area contributed by atoms with E-state index in [1.165, 1.54) is 0 Å². The van der Waals surface area contributed by atoms with Crippen LogP contribution in [-0.2, 0) is 11.2 Å². The van der Waals surface area contributed by atoms with E-state index in [-0.39, 0.29) is 12.2 Å². The first kappa shape index (κ1) is 10.5. The minimum atomic E-state index is 0.0798. The molecule has 16 heavy (non-hydrogen) atoms. The highest BCUT2D eigenvalue weighted by Gasteiger charge is 2.11. The quantitative estimate of drug-likeness (QED) is 0.778. The fourth-order valence-corrected chi connectivity index (χ4v) is 1.22. The van der Waals surface area contributed by atoms with Gasteiger partial charge in [0.2, 0.25) is 11.7 Å². The Labute approximate surface area is 92.5 Å². The van der Waals surface area contributed by atoms with E-state index in [2.05, 4.69) is 15.1 Å². The molecule has 0 radical (unpaired) electrons. The third kappa shape index (κ3) is 2.31. The third-order valence-electron chi connectivity index (χ3n) is 2.10. The molecule has 2 heterocycles. The lowest BCUT2D eigenvalue weighted by Gasteiger charge is -1.90. The Morgan fingerprint density at radius 1 is 1.44 bits per heavy atom. The van der Waals surface area contributed by atoms with Crippen molar-refractivity contribution < 1.29 is 9.32 Å². The lowest BCUT2D eigenvalue weighted by atomic mass is 10.2. The second kappa shape index (κ2) is 4.65. The van der Waals surface area contributed by atoms with Gasteiger partial charge in [-0.25, -0.2) is 0 Å². The number of hydrogen-bond donors (Lipinski definition) is 0. The van der Waals surface area contributed by atoms with Gasteiger partial charge in [0.1, 0.15) is 11.5 Å². The molecule has 82 valence electrons. The van der Waals surface area contributed by atoms with E-state index in [1.807, 2.05) is 12.1 Å². The van der Waals surface area contributed by atoms with E-state index in [1.54, 1.807) is 19.2 Å². The van der Waals surface area contributed by atoms with E-state index in [9.17, 15) is 4.79 Å². The maximum absolute atomic E-state index is 11.2. The molecule has 2 aromatic rings. The summed E-state index contributed by atoms with van der Waals surface area (Å²) in [5.41, 5.74) is 0.640. The molecule has 2 rings (SSSR count). The number of Topliss-reactive ketones (excluding diaryl/α,β-unsaturated/α-hetero) is 1. The Bertz CT molecular complexity index is 479. The Morgan fingerprint density at radius 2 is 2.31 bits per heavy atom. The van der Waals surface area contributed by atoms with E-state index in [0.29, 0.717) is 23.8 Å². The van der Waals surface area contributed by atoms with Crippen molar-refractivity contribution in [3.05, 3.63) is 30.3 Å². The van der Waals surface area contributed by atoms with Gasteiger partial charge < -0.3 is 4.52 Å². The highest BCUT2D eigenvalue weighted by Crippen LogP contribution is 2.12. The topological polar surface area (TPSA) is 68.9 Å². The van der Waals surface area contributed by atoms with Crippen LogP contribution >= 0.6 is 0 Å². The van der Waals surface area contributed by atoms with E-state index < -0.39 is 0 Å². The number of rotatable bonds is 4. The molecule has 0 saturated heterocycles. The molecule has 0 aliphatic carbocycles. The molecule has 0 atom stereocenters. The minimum Gasteiger partial charge on any atom is -0.338 e. The molecule has 0 unspecified atom stereocenters. The monoisotopic (exact) mass is 217 g/mol. The molecule has 5 nitrogen and oxygen atoms in total. The Balaban J connectivity index is 2.17. The smallest absolute Gasteiger partial charge is 0.234 e. The summed E-state index contributed by atoms with van der Waals surface area (Å²) >= 11 is 0. The molecule has 0 N–H and O–H groups in total. The summed E-state index contributed by atoms with van der Waals surface area (Å²) in [6.45, 7) is 1.80. The van der Waals surface area contributed by atoms with Crippen LogP contribution in [0.4, 0.5) is 0 Å². The average molecular weight is 217 g/mol. The van der Waals surface area contributed by atoms with Gasteiger partial charge in [-0.15, -0.1) is 0 Å². The van der Waals surface area contributed by atoms with Crippen molar-refractivity contribution in [1.82, 2.24) is 15.1 Å². The molecule has 0 saturated carbocycles. The van der Waals surface area contributed by atoms with Crippen LogP contribution < -0.4 is 0 Å². The molecule has 0 fully saturated rings. The summed E-state index contributed by atoms with van der Waals surface area (Å²) in [4.78, 5) is 19.4. The first-order valence-corrected chi connectivity index (χ1v) is 5.05. The van der Waals surface area contributed by atoms with E-state index in [4.69, 9.17) is 4.52 Å². The Morgan fingerprint density at radius 3 is 3.00 bits per heavy atom. The van der Waals surface area contributed by atoms with Gasteiger partial charge in [0.15, 0.2) is 0 Å². The van der Waals surface area contributed by atoms with Gasteiger partial charge in [-0.1, -0.05) is 18.1 Å². The molecule has 2 aromatic heterocycles. The maximum atomic E-state index is 11.2. The van der Waals surface area contributed by atoms with Crippen LogP contribution in [0.25, 0.3) is 11.5 Å². The molecule has 0 aromatic carbocycles. The van der Waals surface area contributed by atoms with Crippen molar-refractivity contribution >= 4 is 5.78 Å². The van der Waals surface area contributed by atoms with Crippen molar-refractivity contribution in [1.29, 1.82) is 0 Å². The molecular formula is C11H11N3O2. The van der Waals surface area contributed by atoms with E-state index in [0.717, 1.165) is 0 Å². The zero-order valence-corrected chi connectivity index (χ0v) is 8.88. The molecule has 0 spiro atoms. The number of nitrogens with zero attached hydrogens (tertiary/aromatic N) is 3. The van der Waals surface area contributed by atoms with Gasteiger partial charge in [-0.05, 0) is 12.1 Å². The standard InChI is InChI=1S/C11H11N3O2/c1-2-8(15)7-10-13-11(14-16-10)9-5-3-4-6-12-9/h3-6H,2,7H2,1H3. The van der Waals surface area contributed by atoms with E-state index >= 15 is 0 Å². The zero-order chi connectivity index (χ0) is 11.4. The lowest BCUT2D eigenvalue weighted by molar-refractivity contribution is -0.118. The van der Waals surface area contributed by atoms with Gasteiger partial charge in [0.05, 0.1) is 6.42 Å². The fraction of sp³-hybridized carbons (Fsp3) is 0.273. The number of carbonyl (C=O) groups excluding carboxylic acids is 1. The second-order valence-corrected chi connectivity index (χ2v) is 3.30. The second-order valence-electron chi connectivity index (χ2n) is 3.30. The largest absolute Gasteiger partial charge is 0.338 e. The number of hydrogen-bond acceptors (Lipinski definition) is 5. The molecular weight excluding hydrogens is 206 g/mol. The molecule has 0 aliphatic rings. The molecule has 0 amide bonds. The average Bonchev–Trinajstić information content (AvgIpc) is 2.78. The highest BCUT2D eigenvalue weighted by atomic mass is 16.5. The highest BCUT2D eigenvalue weighted by molar-refractivity contribution is 5.79. The number of ketones is 1. The van der Waals surface area contributed by atoms with Crippen LogP contribution in [0.3, 0.4) is 0 Å². The molecule has 5 heteroatoms. The Kier molecular flexibility index (Phi) is 3.05. The summed E-state index contributed by atoms with van der Waals surface area (Å²) in [6.07, 6.45) is 2.32. The van der Waals surface area contributed by atoms with Crippen molar-refractivity contribution in [2.24, 2.45) is 0 Å². The van der Waals surface area contributed by atoms with Gasteiger partial charge in [0, 0.05) is 12.6 Å². The van der Waals surface area contributed by atoms with Crippen molar-refractivity contribution in [2.75, 3.05) is 0 Å². The fourth-order valence-electron chi connectivity index (χ4n) is 1.22. The number of pyridine rings is 1. The maximum Gasteiger partial charge on any atom is 0.234 e. The van der Waals surface area contributed by atoms with Gasteiger partial charge in [-0.2, -0.15) is 4.98 Å². The normalized spacial score (nSPS) is 10.3. The van der Waals surface area contributed by atoms with Crippen LogP contribution in [0.15, 0.2) is 28.9 Å². The van der Waals surface area contributed by atoms with Gasteiger partial charge in [-0.3, -0.25) is 9.78 Å². The van der Waals surface area contributed by atoms with Gasteiger partial charge >= 0.3 is 0 Å². The van der Waals surface area contributed by atoms with Crippen molar-refractivity contribution in [2.45, 2.75) is 19.8 Å². The van der Waals surface area contributed by atoms with Crippen molar-refractivity contribution in [3.63, 3.8) is 0 Å². The van der Waals surface area contributed by atoms with Crippen LogP contribution in [0.1, 0.15) is 19.2 Å². The summed E-state index contributed by atoms with van der Waals surface area (Å²) in [7, 11) is 0. The summed E-state index contributed by atoms with van der Waals surface area (Å²) < 4.78 is 4.97. The predicted octanol–water partition coefficient (Wildman–Crippen LogP) is 1.65.